The zero-order valence-corrected chi connectivity index (χ0v) is 20.0. The smallest absolute Gasteiger partial charge is 0.269 e. The van der Waals surface area contributed by atoms with Crippen LogP contribution in [0.3, 0.4) is 0 Å². The monoisotopic (exact) mass is 492 g/mol. The first-order valence-electron chi connectivity index (χ1n) is 10.1. The molecule has 5 rings (SSSR count). The number of para-hydroxylation sites is 1. The minimum absolute atomic E-state index is 0.0825. The highest BCUT2D eigenvalue weighted by Gasteiger charge is 2.26. The van der Waals surface area contributed by atoms with Gasteiger partial charge in [0.1, 0.15) is 15.4 Å². The molecule has 33 heavy (non-hydrogen) atoms. The van der Waals surface area contributed by atoms with Crippen molar-refractivity contribution in [1.29, 1.82) is 0 Å². The zero-order valence-electron chi connectivity index (χ0n) is 17.6. The number of nitrogens with zero attached hydrogens (tertiary/aromatic N) is 3. The number of halogens is 1. The highest BCUT2D eigenvalue weighted by Crippen LogP contribution is 2.42. The molecule has 5 aromatic rings. The summed E-state index contributed by atoms with van der Waals surface area (Å²) in [5.41, 5.74) is 3.08. The molecule has 0 atom stereocenters. The Morgan fingerprint density at radius 2 is 1.64 bits per heavy atom. The molecule has 9 heteroatoms. The molecular formula is C24H17ClN4O2S2. The average molecular weight is 493 g/mol. The zero-order chi connectivity index (χ0) is 23.1. The summed E-state index contributed by atoms with van der Waals surface area (Å²) in [6, 6.07) is 19.5. The van der Waals surface area contributed by atoms with Gasteiger partial charge in [0.2, 0.25) is 0 Å². The maximum absolute atomic E-state index is 13.2. The van der Waals surface area contributed by atoms with E-state index in [0.717, 1.165) is 32.8 Å². The number of carbonyl (C=O) groups excluding carboxylic acids is 2. The molecule has 3 heterocycles. The number of aromatic nitrogens is 3. The van der Waals surface area contributed by atoms with Gasteiger partial charge >= 0.3 is 0 Å². The van der Waals surface area contributed by atoms with Crippen molar-refractivity contribution in [2.75, 3.05) is 5.32 Å². The molecule has 0 radical (unpaired) electrons. The predicted molar refractivity (Wildman–Crippen MR) is 134 cm³/mol. The minimum Gasteiger partial charge on any atom is -0.297 e. The number of Topliss-reactive ketones (excluding diaryl/α,β-unsaturated/α-hetero) is 1. The molecule has 1 amide bonds. The summed E-state index contributed by atoms with van der Waals surface area (Å²) in [6.07, 6.45) is 0. The second-order valence-electron chi connectivity index (χ2n) is 7.33. The molecule has 6 nitrogen and oxygen atoms in total. The maximum Gasteiger partial charge on any atom is 0.269 e. The molecule has 0 aliphatic heterocycles. The number of anilines is 1. The number of thiophene rings is 1. The molecule has 0 aliphatic carbocycles. The number of nitrogens with one attached hydrogen (secondary N) is 1. The Morgan fingerprint density at radius 1 is 0.970 bits per heavy atom. The van der Waals surface area contributed by atoms with Crippen LogP contribution in [-0.2, 0) is 0 Å². The predicted octanol–water partition coefficient (Wildman–Crippen LogP) is 6.63. The number of hydrogen-bond acceptors (Lipinski definition) is 6. The molecule has 0 spiro atoms. The lowest BCUT2D eigenvalue weighted by molar-refractivity contribution is 0.101. The first kappa shape index (κ1) is 21.5. The van der Waals surface area contributed by atoms with E-state index < -0.39 is 0 Å². The van der Waals surface area contributed by atoms with E-state index in [0.29, 0.717) is 31.3 Å². The SMILES string of the molecule is CC(=O)c1sc(NC(=O)c2sc3c(c(-c4ccccc4)nn3-c3ccccc3)c2Cl)nc1C. The van der Waals surface area contributed by atoms with Gasteiger partial charge in [-0.3, -0.25) is 14.9 Å². The Hall–Kier alpha value is -3.33. The van der Waals surface area contributed by atoms with Gasteiger partial charge in [-0.2, -0.15) is 5.10 Å². The average Bonchev–Trinajstić information content (AvgIpc) is 3.48. The van der Waals surface area contributed by atoms with E-state index in [1.807, 2.05) is 65.3 Å². The van der Waals surface area contributed by atoms with Crippen LogP contribution < -0.4 is 5.32 Å². The van der Waals surface area contributed by atoms with Crippen molar-refractivity contribution in [3.63, 3.8) is 0 Å². The standard InChI is InChI=1S/C24H17ClN4O2S2/c1-13-20(14(2)30)33-24(26-13)27-22(31)21-18(25)17-19(15-9-5-3-6-10-15)28-29(23(17)32-21)16-11-7-4-8-12-16/h3-12H,1-2H3,(H,26,27,31). The largest absolute Gasteiger partial charge is 0.297 e. The summed E-state index contributed by atoms with van der Waals surface area (Å²) in [5, 5.41) is 9.06. The van der Waals surface area contributed by atoms with Gasteiger partial charge in [-0.1, -0.05) is 71.5 Å². The number of amides is 1. The second kappa shape index (κ2) is 8.55. The Labute approximate surface area is 202 Å². The van der Waals surface area contributed by atoms with Crippen LogP contribution in [0.25, 0.3) is 27.2 Å². The van der Waals surface area contributed by atoms with Crippen molar-refractivity contribution in [3.8, 4) is 16.9 Å². The second-order valence-corrected chi connectivity index (χ2v) is 9.71. The summed E-state index contributed by atoms with van der Waals surface area (Å²) < 4.78 is 1.81. The van der Waals surface area contributed by atoms with E-state index >= 15 is 0 Å². The van der Waals surface area contributed by atoms with Crippen molar-refractivity contribution in [3.05, 3.63) is 81.1 Å². The Balaban J connectivity index is 1.63. The van der Waals surface area contributed by atoms with Crippen LogP contribution in [0.5, 0.6) is 0 Å². The van der Waals surface area contributed by atoms with E-state index in [4.69, 9.17) is 16.7 Å². The van der Waals surface area contributed by atoms with Gasteiger partial charge in [-0.25, -0.2) is 9.67 Å². The van der Waals surface area contributed by atoms with Crippen LogP contribution in [0.15, 0.2) is 60.7 Å². The molecule has 0 saturated carbocycles. The molecule has 0 saturated heterocycles. The number of ketones is 1. The summed E-state index contributed by atoms with van der Waals surface area (Å²) in [7, 11) is 0. The first-order valence-corrected chi connectivity index (χ1v) is 12.1. The number of fused-ring (bicyclic) bond motifs is 1. The fourth-order valence-corrected chi connectivity index (χ4v) is 5.92. The summed E-state index contributed by atoms with van der Waals surface area (Å²) in [6.45, 7) is 3.23. The summed E-state index contributed by atoms with van der Waals surface area (Å²) in [5.74, 6) is -0.454. The van der Waals surface area contributed by atoms with Crippen LogP contribution in [-0.4, -0.2) is 26.5 Å². The fourth-order valence-electron chi connectivity index (χ4n) is 3.57. The van der Waals surface area contributed by atoms with Crippen molar-refractivity contribution < 1.29 is 9.59 Å². The molecule has 0 fully saturated rings. The van der Waals surface area contributed by atoms with Gasteiger partial charge in [-0.15, -0.1) is 11.3 Å². The molecule has 1 N–H and O–H groups in total. The first-order chi connectivity index (χ1) is 15.9. The normalized spacial score (nSPS) is 11.1. The molecule has 0 bridgehead atoms. The lowest BCUT2D eigenvalue weighted by Crippen LogP contribution is -2.10. The molecular weight excluding hydrogens is 476 g/mol. The lowest BCUT2D eigenvalue weighted by atomic mass is 10.1. The van der Waals surface area contributed by atoms with Crippen LogP contribution in [0.4, 0.5) is 5.13 Å². The third-order valence-electron chi connectivity index (χ3n) is 5.05. The van der Waals surface area contributed by atoms with Crippen molar-refractivity contribution in [1.82, 2.24) is 14.8 Å². The quantitative estimate of drug-likeness (QED) is 0.279. The highest BCUT2D eigenvalue weighted by atomic mass is 35.5. The van der Waals surface area contributed by atoms with E-state index in [1.165, 1.54) is 18.3 Å². The number of benzene rings is 2. The molecule has 164 valence electrons. The van der Waals surface area contributed by atoms with E-state index in [2.05, 4.69) is 10.3 Å². The topological polar surface area (TPSA) is 76.9 Å². The van der Waals surface area contributed by atoms with E-state index in [1.54, 1.807) is 6.92 Å². The van der Waals surface area contributed by atoms with Crippen molar-refractivity contribution >= 4 is 61.3 Å². The Kier molecular flexibility index (Phi) is 5.57. The molecule has 0 aliphatic rings. The number of carbonyl (C=O) groups is 2. The lowest BCUT2D eigenvalue weighted by Gasteiger charge is -2.03. The van der Waals surface area contributed by atoms with E-state index in [9.17, 15) is 9.59 Å². The Bertz CT molecular complexity index is 1500. The van der Waals surface area contributed by atoms with Crippen LogP contribution in [0.2, 0.25) is 5.02 Å². The van der Waals surface area contributed by atoms with Crippen molar-refractivity contribution in [2.45, 2.75) is 13.8 Å². The van der Waals surface area contributed by atoms with Gasteiger partial charge < -0.3 is 0 Å². The minimum atomic E-state index is -0.372. The number of rotatable bonds is 5. The number of aryl methyl sites for hydroxylation is 1. The van der Waals surface area contributed by atoms with Gasteiger partial charge in [0.05, 0.1) is 26.7 Å². The number of thiazole rings is 1. The van der Waals surface area contributed by atoms with Crippen LogP contribution in [0, 0.1) is 6.92 Å². The Morgan fingerprint density at radius 3 is 2.27 bits per heavy atom. The van der Waals surface area contributed by atoms with Gasteiger partial charge in [-0.05, 0) is 19.1 Å². The highest BCUT2D eigenvalue weighted by molar-refractivity contribution is 7.22. The summed E-state index contributed by atoms with van der Waals surface area (Å²) in [4.78, 5) is 30.9. The van der Waals surface area contributed by atoms with Gasteiger partial charge in [0.25, 0.3) is 5.91 Å². The van der Waals surface area contributed by atoms with Crippen molar-refractivity contribution in [2.24, 2.45) is 0 Å². The third-order valence-corrected chi connectivity index (χ3v) is 7.88. The molecule has 2 aromatic carbocycles. The van der Waals surface area contributed by atoms with Crippen LogP contribution in [0.1, 0.15) is 32.0 Å². The fraction of sp³-hybridized carbons (Fsp3) is 0.0833. The van der Waals surface area contributed by atoms with E-state index in [-0.39, 0.29) is 11.7 Å². The van der Waals surface area contributed by atoms with Gasteiger partial charge in [0, 0.05) is 12.5 Å². The van der Waals surface area contributed by atoms with Crippen LogP contribution >= 0.6 is 34.3 Å². The third kappa shape index (κ3) is 3.86. The molecule has 0 unspecified atom stereocenters. The molecule has 3 aromatic heterocycles. The summed E-state index contributed by atoms with van der Waals surface area (Å²) >= 11 is 9.21. The van der Waals surface area contributed by atoms with Gasteiger partial charge in [0.15, 0.2) is 10.9 Å². The maximum atomic E-state index is 13.2. The number of hydrogen-bond donors (Lipinski definition) is 1.